The normalized spacial score (nSPS) is 17.9. The van der Waals surface area contributed by atoms with Crippen LogP contribution < -0.4 is 0 Å². The molecular weight excluding hydrogens is 512 g/mol. The summed E-state index contributed by atoms with van der Waals surface area (Å²) in [6.07, 6.45) is 5.16. The number of rotatable bonds is 5. The number of benzene rings is 3. The maximum atomic E-state index is 12.6. The number of fused-ring (bicyclic) bond motifs is 2. The second-order valence-electron chi connectivity index (χ2n) is 10.2. The largest absolute Gasteiger partial charge is 0.361 e. The molecule has 5 aromatic rings. The van der Waals surface area contributed by atoms with E-state index >= 15 is 0 Å². The third kappa shape index (κ3) is 3.84. The van der Waals surface area contributed by atoms with E-state index in [9.17, 15) is 4.79 Å². The highest BCUT2D eigenvalue weighted by molar-refractivity contribution is 9.10. The van der Waals surface area contributed by atoms with Gasteiger partial charge in [-0.15, -0.1) is 0 Å². The van der Waals surface area contributed by atoms with Crippen molar-refractivity contribution in [1.82, 2.24) is 19.4 Å². The Hall–Kier alpha value is -3.38. The number of carbonyl (C=O) groups excluding carboxylic acids is 1. The first kappa shape index (κ1) is 21.9. The van der Waals surface area contributed by atoms with Gasteiger partial charge in [0.1, 0.15) is 11.3 Å². The summed E-state index contributed by atoms with van der Waals surface area (Å²) in [4.78, 5) is 23.0. The average Bonchev–Trinajstić information content (AvgIpc) is 3.30. The number of nitrogens with zero attached hydrogens (tertiary/aromatic N) is 3. The summed E-state index contributed by atoms with van der Waals surface area (Å²) < 4.78 is 3.37. The average molecular weight is 539 g/mol. The number of likely N-dealkylation sites (tertiary alicyclic amines) is 1. The predicted octanol–water partition coefficient (Wildman–Crippen LogP) is 6.87. The van der Waals surface area contributed by atoms with Crippen molar-refractivity contribution in [2.24, 2.45) is 11.8 Å². The molecule has 0 bridgehead atoms. The fraction of sp³-hybridized carbons (Fsp3) is 0.267. The van der Waals surface area contributed by atoms with Crippen LogP contribution in [0.4, 0.5) is 0 Å². The molecule has 0 spiro atoms. The number of imidazole rings is 1. The molecule has 1 amide bonds. The number of carbonyl (C=O) groups is 1. The van der Waals surface area contributed by atoms with Crippen molar-refractivity contribution >= 4 is 43.8 Å². The topological polar surface area (TPSA) is 53.9 Å². The van der Waals surface area contributed by atoms with Crippen LogP contribution in [0.1, 0.15) is 19.3 Å². The minimum atomic E-state index is 0.292. The van der Waals surface area contributed by atoms with Gasteiger partial charge in [0.25, 0.3) is 0 Å². The van der Waals surface area contributed by atoms with Gasteiger partial charge in [-0.25, -0.2) is 4.98 Å². The zero-order valence-electron chi connectivity index (χ0n) is 20.0. The number of para-hydroxylation sites is 1. The Kier molecular flexibility index (Phi) is 5.24. The molecular formula is C30H27BrN4O. The monoisotopic (exact) mass is 538 g/mol. The van der Waals surface area contributed by atoms with Crippen molar-refractivity contribution in [3.63, 3.8) is 0 Å². The molecule has 1 saturated heterocycles. The van der Waals surface area contributed by atoms with E-state index < -0.39 is 0 Å². The summed E-state index contributed by atoms with van der Waals surface area (Å²) in [6.45, 7) is 2.59. The van der Waals surface area contributed by atoms with Crippen LogP contribution in [0.15, 0.2) is 77.4 Å². The van der Waals surface area contributed by atoms with Crippen LogP contribution in [0.2, 0.25) is 0 Å². The summed E-state index contributed by atoms with van der Waals surface area (Å²) in [7, 11) is 0. The van der Waals surface area contributed by atoms with Gasteiger partial charge < -0.3 is 14.5 Å². The number of nitrogens with one attached hydrogen (secondary N) is 1. The van der Waals surface area contributed by atoms with Crippen LogP contribution in [0, 0.1) is 11.8 Å². The molecule has 6 heteroatoms. The Morgan fingerprint density at radius 3 is 2.61 bits per heavy atom. The van der Waals surface area contributed by atoms with Gasteiger partial charge >= 0.3 is 0 Å². The lowest BCUT2D eigenvalue weighted by atomic mass is 10.0. The third-order valence-corrected chi connectivity index (χ3v) is 8.36. The third-order valence-electron chi connectivity index (χ3n) is 7.72. The molecule has 180 valence electrons. The number of amides is 1. The minimum absolute atomic E-state index is 0.292. The first-order chi connectivity index (χ1) is 17.6. The molecule has 3 aromatic carbocycles. The number of halogens is 1. The van der Waals surface area contributed by atoms with Crippen molar-refractivity contribution in [3.05, 3.63) is 77.4 Å². The van der Waals surface area contributed by atoms with Crippen molar-refractivity contribution < 1.29 is 4.79 Å². The Bertz CT molecular complexity index is 1590. The number of H-pyrrole nitrogens is 1. The maximum absolute atomic E-state index is 12.6. The second-order valence-corrected chi connectivity index (χ2v) is 11.1. The molecule has 0 unspecified atom stereocenters. The summed E-state index contributed by atoms with van der Waals surface area (Å²) in [5, 5.41) is 1.22. The van der Waals surface area contributed by atoms with Gasteiger partial charge in [0, 0.05) is 47.3 Å². The SMILES string of the molecule is O=C(C1CC1)N1CC[C@H](Cn2c(-c3ccc(-c4ccc5[nH]ccc5c4)cc3)nc3c(Br)cccc32)C1. The van der Waals surface area contributed by atoms with E-state index in [-0.39, 0.29) is 0 Å². The molecule has 1 aliphatic heterocycles. The smallest absolute Gasteiger partial charge is 0.225 e. The molecule has 0 radical (unpaired) electrons. The summed E-state index contributed by atoms with van der Waals surface area (Å²) in [6, 6.07) is 23.6. The Labute approximate surface area is 218 Å². The quantitative estimate of drug-likeness (QED) is 0.265. The number of aromatic nitrogens is 3. The van der Waals surface area contributed by atoms with Crippen LogP contribution in [0.3, 0.4) is 0 Å². The highest BCUT2D eigenvalue weighted by atomic mass is 79.9. The summed E-state index contributed by atoms with van der Waals surface area (Å²) in [5.41, 5.74) is 6.77. The zero-order valence-corrected chi connectivity index (χ0v) is 21.5. The van der Waals surface area contributed by atoms with Crippen molar-refractivity contribution in [3.8, 4) is 22.5 Å². The highest BCUT2D eigenvalue weighted by Crippen LogP contribution is 2.35. The highest BCUT2D eigenvalue weighted by Gasteiger charge is 2.36. The van der Waals surface area contributed by atoms with E-state index in [2.05, 4.69) is 97.1 Å². The number of hydrogen-bond donors (Lipinski definition) is 1. The van der Waals surface area contributed by atoms with E-state index in [1.54, 1.807) is 0 Å². The molecule has 2 aromatic heterocycles. The fourth-order valence-electron chi connectivity index (χ4n) is 5.59. The van der Waals surface area contributed by atoms with Crippen LogP contribution in [-0.2, 0) is 11.3 Å². The van der Waals surface area contributed by atoms with E-state index in [1.165, 1.54) is 16.5 Å². The van der Waals surface area contributed by atoms with E-state index in [0.29, 0.717) is 17.7 Å². The standard InChI is InChI=1S/C30H27BrN4O/c31-25-2-1-3-27-28(25)33-29(35(27)18-19-13-15-34(17-19)30(36)22-8-9-22)21-6-4-20(5-7-21)23-10-11-26-24(16-23)12-14-32-26/h1-7,10-12,14,16,19,22,32H,8-9,13,15,17-18H2/t19-/m0/s1. The van der Waals surface area contributed by atoms with Crippen LogP contribution in [0.25, 0.3) is 44.5 Å². The lowest BCUT2D eigenvalue weighted by Crippen LogP contribution is -2.30. The number of aromatic amines is 1. The van der Waals surface area contributed by atoms with Gasteiger partial charge in [-0.2, -0.15) is 0 Å². The lowest BCUT2D eigenvalue weighted by molar-refractivity contribution is -0.131. The molecule has 36 heavy (non-hydrogen) atoms. The molecule has 2 fully saturated rings. The number of hydrogen-bond acceptors (Lipinski definition) is 2. The Morgan fingerprint density at radius 1 is 0.972 bits per heavy atom. The van der Waals surface area contributed by atoms with Crippen molar-refractivity contribution in [2.45, 2.75) is 25.8 Å². The van der Waals surface area contributed by atoms with E-state index in [0.717, 1.165) is 71.3 Å². The maximum Gasteiger partial charge on any atom is 0.225 e. The van der Waals surface area contributed by atoms with Gasteiger partial charge in [-0.05, 0) is 88.0 Å². The first-order valence-corrected chi connectivity index (χ1v) is 13.5. The fourth-order valence-corrected chi connectivity index (χ4v) is 6.04. The molecule has 1 aliphatic carbocycles. The van der Waals surface area contributed by atoms with Gasteiger partial charge in [0.15, 0.2) is 0 Å². The van der Waals surface area contributed by atoms with Crippen molar-refractivity contribution in [1.29, 1.82) is 0 Å². The molecule has 3 heterocycles. The lowest BCUT2D eigenvalue weighted by Gasteiger charge is -2.18. The van der Waals surface area contributed by atoms with E-state index in [1.807, 2.05) is 6.20 Å². The van der Waals surface area contributed by atoms with Crippen LogP contribution in [-0.4, -0.2) is 38.4 Å². The van der Waals surface area contributed by atoms with Gasteiger partial charge in [-0.3, -0.25) is 4.79 Å². The molecule has 7 rings (SSSR count). The Balaban J connectivity index is 1.22. The summed E-state index contributed by atoms with van der Waals surface area (Å²) in [5.74, 6) is 2.08. The van der Waals surface area contributed by atoms with Gasteiger partial charge in [0.05, 0.1) is 5.52 Å². The van der Waals surface area contributed by atoms with Crippen molar-refractivity contribution in [2.75, 3.05) is 13.1 Å². The van der Waals surface area contributed by atoms with Gasteiger partial charge in [0.2, 0.25) is 5.91 Å². The molecule has 1 N–H and O–H groups in total. The molecule has 2 aliphatic rings. The molecule has 1 saturated carbocycles. The van der Waals surface area contributed by atoms with Crippen LogP contribution >= 0.6 is 15.9 Å². The minimum Gasteiger partial charge on any atom is -0.361 e. The van der Waals surface area contributed by atoms with Gasteiger partial charge in [-0.1, -0.05) is 36.4 Å². The van der Waals surface area contributed by atoms with Crippen LogP contribution in [0.5, 0.6) is 0 Å². The first-order valence-electron chi connectivity index (χ1n) is 12.8. The molecule has 5 nitrogen and oxygen atoms in total. The Morgan fingerprint density at radius 2 is 1.78 bits per heavy atom. The molecule has 1 atom stereocenters. The second kappa shape index (κ2) is 8.63. The predicted molar refractivity (Wildman–Crippen MR) is 148 cm³/mol. The summed E-state index contributed by atoms with van der Waals surface area (Å²) >= 11 is 3.71. The van der Waals surface area contributed by atoms with E-state index in [4.69, 9.17) is 4.98 Å². The zero-order chi connectivity index (χ0) is 24.2.